The summed E-state index contributed by atoms with van der Waals surface area (Å²) in [6.45, 7) is 3.52. The van der Waals surface area contributed by atoms with Crippen LogP contribution >= 0.6 is 11.6 Å². The van der Waals surface area contributed by atoms with Crippen LogP contribution in [0.2, 0.25) is 5.15 Å². The number of hydrogen-bond acceptors (Lipinski definition) is 2. The van der Waals surface area contributed by atoms with Crippen molar-refractivity contribution in [2.75, 3.05) is 0 Å². The lowest BCUT2D eigenvalue weighted by atomic mass is 10.3. The highest BCUT2D eigenvalue weighted by atomic mass is 35.5. The lowest BCUT2D eigenvalue weighted by Gasteiger charge is -2.02. The number of carbonyl (C=O) groups excluding carboxylic acids is 1. The largest absolute Gasteiger partial charge is 0.300 e. The average molecular weight is 223 g/mol. The van der Waals surface area contributed by atoms with Gasteiger partial charge in [-0.1, -0.05) is 17.7 Å². The summed E-state index contributed by atoms with van der Waals surface area (Å²) in [5.74, 6) is 0.794. The molecule has 0 spiro atoms. The Balaban J connectivity index is 2.70. The molecule has 0 saturated heterocycles. The van der Waals surface area contributed by atoms with E-state index in [1.165, 1.54) is 0 Å². The second-order valence-corrected chi connectivity index (χ2v) is 3.94. The molecule has 0 unspecified atom stereocenters. The molecule has 0 N–H and O–H groups in total. The summed E-state index contributed by atoms with van der Waals surface area (Å²) in [5.41, 5.74) is 1.89. The Morgan fingerprint density at radius 1 is 1.53 bits per heavy atom. The molecule has 15 heavy (non-hydrogen) atoms. The summed E-state index contributed by atoms with van der Waals surface area (Å²) in [7, 11) is 0. The van der Waals surface area contributed by atoms with Crippen LogP contribution < -0.4 is 0 Å². The normalized spacial score (nSPS) is 10.9. The summed E-state index contributed by atoms with van der Waals surface area (Å²) < 4.78 is 1.92. The van der Waals surface area contributed by atoms with Crippen LogP contribution in [0.15, 0.2) is 18.2 Å². The second-order valence-electron chi connectivity index (χ2n) is 3.59. The van der Waals surface area contributed by atoms with Gasteiger partial charge in [0.15, 0.2) is 5.15 Å². The average Bonchev–Trinajstić information content (AvgIpc) is 2.44. The van der Waals surface area contributed by atoms with E-state index in [0.29, 0.717) is 17.4 Å². The van der Waals surface area contributed by atoms with Gasteiger partial charge in [-0.15, -0.1) is 0 Å². The second kappa shape index (κ2) is 3.66. The molecule has 78 valence electrons. The summed E-state index contributed by atoms with van der Waals surface area (Å²) in [6, 6.07) is 5.79. The van der Waals surface area contributed by atoms with Gasteiger partial charge in [0.2, 0.25) is 0 Å². The third kappa shape index (κ3) is 1.75. The van der Waals surface area contributed by atoms with E-state index in [2.05, 4.69) is 4.98 Å². The zero-order valence-corrected chi connectivity index (χ0v) is 9.38. The van der Waals surface area contributed by atoms with Gasteiger partial charge in [0, 0.05) is 5.69 Å². The zero-order chi connectivity index (χ0) is 11.0. The first-order valence-corrected chi connectivity index (χ1v) is 5.09. The number of aromatic nitrogens is 2. The molecular weight excluding hydrogens is 212 g/mol. The summed E-state index contributed by atoms with van der Waals surface area (Å²) in [4.78, 5) is 15.3. The van der Waals surface area contributed by atoms with E-state index in [1.54, 1.807) is 6.92 Å². The molecule has 0 aliphatic carbocycles. The third-order valence-electron chi connectivity index (χ3n) is 2.29. The molecule has 0 aromatic carbocycles. The Bertz CT molecular complexity index is 531. The predicted molar refractivity (Wildman–Crippen MR) is 59.3 cm³/mol. The van der Waals surface area contributed by atoms with Gasteiger partial charge in [-0.05, 0) is 26.0 Å². The molecule has 0 radical (unpaired) electrons. The molecule has 3 nitrogen and oxygen atoms in total. The molecule has 0 fully saturated rings. The van der Waals surface area contributed by atoms with Crippen LogP contribution in [-0.2, 0) is 11.2 Å². The van der Waals surface area contributed by atoms with E-state index >= 15 is 0 Å². The predicted octanol–water partition coefficient (Wildman–Crippen LogP) is 2.43. The molecule has 0 aliphatic heterocycles. The van der Waals surface area contributed by atoms with Crippen molar-refractivity contribution in [2.24, 2.45) is 0 Å². The Morgan fingerprint density at radius 2 is 2.27 bits per heavy atom. The molecule has 2 heterocycles. The fraction of sp³-hybridized carbons (Fsp3) is 0.273. The maximum absolute atomic E-state index is 11.1. The first-order chi connectivity index (χ1) is 7.09. The zero-order valence-electron chi connectivity index (χ0n) is 8.62. The molecule has 0 atom stereocenters. The number of pyridine rings is 1. The monoisotopic (exact) mass is 222 g/mol. The molecule has 4 heteroatoms. The standard InChI is InChI=1S/C11H11ClN2O/c1-7-4-3-5-9-11(12)13-10(14(7)9)6-8(2)15/h3-5H,6H2,1-2H3. The number of Topliss-reactive ketones (excluding diaryl/α,β-unsaturated/α-hetero) is 1. The first kappa shape index (κ1) is 10.2. The number of rotatable bonds is 2. The number of aryl methyl sites for hydroxylation is 1. The van der Waals surface area contributed by atoms with Crippen molar-refractivity contribution in [2.45, 2.75) is 20.3 Å². The third-order valence-corrected chi connectivity index (χ3v) is 2.57. The summed E-state index contributed by atoms with van der Waals surface area (Å²) in [5, 5.41) is 0.454. The van der Waals surface area contributed by atoms with E-state index in [-0.39, 0.29) is 5.78 Å². The van der Waals surface area contributed by atoms with Crippen LogP contribution in [0.4, 0.5) is 0 Å². The fourth-order valence-corrected chi connectivity index (χ4v) is 1.93. The van der Waals surface area contributed by atoms with E-state index in [1.807, 2.05) is 29.5 Å². The minimum absolute atomic E-state index is 0.0850. The maximum Gasteiger partial charge on any atom is 0.155 e. The van der Waals surface area contributed by atoms with Crippen molar-refractivity contribution >= 4 is 22.9 Å². The lowest BCUT2D eigenvalue weighted by Crippen LogP contribution is -2.03. The Kier molecular flexibility index (Phi) is 2.49. The van der Waals surface area contributed by atoms with Crippen molar-refractivity contribution in [1.82, 2.24) is 9.38 Å². The lowest BCUT2D eigenvalue weighted by molar-refractivity contribution is -0.116. The van der Waals surface area contributed by atoms with Crippen molar-refractivity contribution < 1.29 is 4.79 Å². The van der Waals surface area contributed by atoms with Gasteiger partial charge < -0.3 is 0 Å². The summed E-state index contributed by atoms with van der Waals surface area (Å²) >= 11 is 5.99. The SMILES string of the molecule is CC(=O)Cc1nc(Cl)c2cccc(C)n12. The smallest absolute Gasteiger partial charge is 0.155 e. The minimum atomic E-state index is 0.0850. The minimum Gasteiger partial charge on any atom is -0.300 e. The number of halogens is 1. The Labute approximate surface area is 92.7 Å². The Morgan fingerprint density at radius 3 is 2.93 bits per heavy atom. The van der Waals surface area contributed by atoms with Gasteiger partial charge in [0.1, 0.15) is 11.6 Å². The van der Waals surface area contributed by atoms with Crippen molar-refractivity contribution in [3.05, 3.63) is 34.9 Å². The summed E-state index contributed by atoms with van der Waals surface area (Å²) in [6.07, 6.45) is 0.318. The molecule has 2 rings (SSSR count). The van der Waals surface area contributed by atoms with Crippen LogP contribution in [0.1, 0.15) is 18.4 Å². The van der Waals surface area contributed by atoms with Gasteiger partial charge in [0.05, 0.1) is 11.9 Å². The highest BCUT2D eigenvalue weighted by molar-refractivity contribution is 6.32. The Hall–Kier alpha value is -1.35. The number of nitrogens with zero attached hydrogens (tertiary/aromatic N) is 2. The van der Waals surface area contributed by atoms with Gasteiger partial charge in [0.25, 0.3) is 0 Å². The van der Waals surface area contributed by atoms with Crippen LogP contribution in [0.3, 0.4) is 0 Å². The molecule has 2 aromatic rings. The van der Waals surface area contributed by atoms with Crippen LogP contribution in [0, 0.1) is 6.92 Å². The first-order valence-electron chi connectivity index (χ1n) is 4.71. The van der Waals surface area contributed by atoms with Gasteiger partial charge in [-0.2, -0.15) is 0 Å². The van der Waals surface area contributed by atoms with E-state index in [9.17, 15) is 4.79 Å². The number of ketones is 1. The number of hydrogen-bond donors (Lipinski definition) is 0. The number of fused-ring (bicyclic) bond motifs is 1. The van der Waals surface area contributed by atoms with Gasteiger partial charge >= 0.3 is 0 Å². The molecule has 0 bridgehead atoms. The fourth-order valence-electron chi connectivity index (χ4n) is 1.68. The van der Waals surface area contributed by atoms with Crippen LogP contribution in [-0.4, -0.2) is 15.2 Å². The highest BCUT2D eigenvalue weighted by Crippen LogP contribution is 2.20. The highest BCUT2D eigenvalue weighted by Gasteiger charge is 2.11. The maximum atomic E-state index is 11.1. The van der Waals surface area contributed by atoms with E-state index in [4.69, 9.17) is 11.6 Å². The van der Waals surface area contributed by atoms with Gasteiger partial charge in [-0.25, -0.2) is 4.98 Å². The van der Waals surface area contributed by atoms with Crippen molar-refractivity contribution in [1.29, 1.82) is 0 Å². The van der Waals surface area contributed by atoms with Crippen LogP contribution in [0.25, 0.3) is 5.52 Å². The van der Waals surface area contributed by atoms with E-state index < -0.39 is 0 Å². The molecular formula is C11H11ClN2O. The number of imidazole rings is 1. The molecule has 0 amide bonds. The number of carbonyl (C=O) groups is 1. The van der Waals surface area contributed by atoms with E-state index in [0.717, 1.165) is 11.2 Å². The topological polar surface area (TPSA) is 34.4 Å². The quantitative estimate of drug-likeness (QED) is 0.782. The van der Waals surface area contributed by atoms with Crippen molar-refractivity contribution in [3.8, 4) is 0 Å². The van der Waals surface area contributed by atoms with Crippen molar-refractivity contribution in [3.63, 3.8) is 0 Å². The van der Waals surface area contributed by atoms with Crippen LogP contribution in [0.5, 0.6) is 0 Å². The molecule has 0 aliphatic rings. The van der Waals surface area contributed by atoms with Gasteiger partial charge in [-0.3, -0.25) is 9.20 Å². The molecule has 2 aromatic heterocycles. The molecule has 0 saturated carbocycles.